The number of likely N-dealkylation sites (N-methyl/N-ethyl adjacent to an activating group) is 1. The molecule has 1 amide bonds. The lowest BCUT2D eigenvalue weighted by molar-refractivity contribution is -0.275. The third-order valence-electron chi connectivity index (χ3n) is 7.98. The van der Waals surface area contributed by atoms with Gasteiger partial charge < -0.3 is 19.5 Å². The van der Waals surface area contributed by atoms with Gasteiger partial charge in [0, 0.05) is 12.2 Å². The van der Waals surface area contributed by atoms with Crippen LogP contribution in [0.1, 0.15) is 61.1 Å². The second kappa shape index (κ2) is 11.6. The maximum atomic E-state index is 13.2. The van der Waals surface area contributed by atoms with Gasteiger partial charge in [0.15, 0.2) is 0 Å². The number of amides is 1. The fourth-order valence-electron chi connectivity index (χ4n) is 6.03. The van der Waals surface area contributed by atoms with Crippen molar-refractivity contribution >= 4 is 30.0 Å². The molecule has 7 nitrogen and oxygen atoms in total. The Labute approximate surface area is 231 Å². The first-order valence-electron chi connectivity index (χ1n) is 13.0. The molecule has 3 aliphatic rings. The van der Waals surface area contributed by atoms with Gasteiger partial charge in [-0.1, -0.05) is 25.0 Å². The number of nitrogens with zero attached hydrogens (tertiary/aromatic N) is 2. The highest BCUT2D eigenvalue weighted by Crippen LogP contribution is 2.41. The van der Waals surface area contributed by atoms with Gasteiger partial charge in [-0.25, -0.2) is 0 Å². The predicted molar refractivity (Wildman–Crippen MR) is 141 cm³/mol. The summed E-state index contributed by atoms with van der Waals surface area (Å²) in [7, 11) is 1.67. The lowest BCUT2D eigenvalue weighted by Gasteiger charge is -2.27. The summed E-state index contributed by atoms with van der Waals surface area (Å²) >= 11 is 0. The van der Waals surface area contributed by atoms with E-state index in [4.69, 9.17) is 4.74 Å². The van der Waals surface area contributed by atoms with Gasteiger partial charge in [0.25, 0.3) is 0 Å². The van der Waals surface area contributed by atoms with Crippen LogP contribution >= 0.6 is 12.4 Å². The number of alkyl halides is 3. The molecular weight excluding hydrogens is 537 g/mol. The lowest BCUT2D eigenvalue weighted by atomic mass is 9.95. The van der Waals surface area contributed by atoms with Crippen LogP contribution in [0.3, 0.4) is 0 Å². The first-order valence-corrected chi connectivity index (χ1v) is 13.0. The highest BCUT2D eigenvalue weighted by atomic mass is 35.5. The zero-order chi connectivity index (χ0) is 27.0. The van der Waals surface area contributed by atoms with Crippen molar-refractivity contribution in [2.75, 3.05) is 18.5 Å². The number of ether oxygens (including phenoxy) is 2. The van der Waals surface area contributed by atoms with Gasteiger partial charge in [0.2, 0.25) is 5.91 Å². The number of carbonyl (C=O) groups is 2. The topological polar surface area (TPSA) is 79.3 Å². The smallest absolute Gasteiger partial charge is 0.489 e. The molecule has 2 heterocycles. The summed E-state index contributed by atoms with van der Waals surface area (Å²) in [5.41, 5.74) is 2.87. The van der Waals surface area contributed by atoms with Gasteiger partial charge in [0.1, 0.15) is 24.1 Å². The van der Waals surface area contributed by atoms with E-state index in [2.05, 4.69) is 4.74 Å². The number of carbonyl (C=O) groups excluding carboxylic acids is 1. The average Bonchev–Trinajstić information content (AvgIpc) is 3.61. The summed E-state index contributed by atoms with van der Waals surface area (Å²) < 4.78 is 49.5. The molecule has 0 aromatic heterocycles. The number of halogens is 4. The standard InChI is InChI=1S/C28H31F3N2O5.ClH/c1-32-23(10-11-24(32)27(35)36)26(34)33-13-12-19-15-20(7-9-22(19)33)37-16-17-6-8-21(18-4-2-3-5-18)25(14-17)38-28(29,30)31;/h6-9,14-15,18,23-24H,2-5,10-13,16H2,1H3,(H,35,36);1H/t23-,24-;/m0./s1. The molecular formula is C28H32ClF3N2O5. The van der Waals surface area contributed by atoms with Gasteiger partial charge >= 0.3 is 12.3 Å². The van der Waals surface area contributed by atoms with Crippen LogP contribution in [0.5, 0.6) is 11.5 Å². The van der Waals surface area contributed by atoms with Crippen molar-refractivity contribution < 1.29 is 37.3 Å². The predicted octanol–water partition coefficient (Wildman–Crippen LogP) is 5.68. The molecule has 1 saturated heterocycles. The van der Waals surface area contributed by atoms with Gasteiger partial charge in [-0.2, -0.15) is 0 Å². The minimum Gasteiger partial charge on any atom is -0.489 e. The van der Waals surface area contributed by atoms with E-state index >= 15 is 0 Å². The molecule has 2 aromatic rings. The second-order valence-electron chi connectivity index (χ2n) is 10.3. The average molecular weight is 569 g/mol. The molecule has 0 radical (unpaired) electrons. The van der Waals surface area contributed by atoms with Gasteiger partial charge in [0.05, 0.1) is 6.04 Å². The Balaban J connectivity index is 0.00000353. The first kappa shape index (κ1) is 29.0. The SMILES string of the molecule is CN1[C@H](C(=O)O)CC[C@H]1C(=O)N1CCc2cc(OCc3ccc(C4CCCC4)c(OC(F)(F)F)c3)ccc21.Cl. The summed E-state index contributed by atoms with van der Waals surface area (Å²) in [5.74, 6) is -0.556. The highest BCUT2D eigenvalue weighted by molar-refractivity contribution is 5.99. The largest absolute Gasteiger partial charge is 0.573 e. The van der Waals surface area contributed by atoms with Crippen LogP contribution in [0.2, 0.25) is 0 Å². The molecule has 2 aromatic carbocycles. The van der Waals surface area contributed by atoms with Crippen LogP contribution in [-0.4, -0.2) is 53.9 Å². The second-order valence-corrected chi connectivity index (χ2v) is 10.3. The Kier molecular flexibility index (Phi) is 8.66. The summed E-state index contributed by atoms with van der Waals surface area (Å²) in [6.45, 7) is 0.574. The third kappa shape index (κ3) is 6.27. The van der Waals surface area contributed by atoms with Gasteiger partial charge in [-0.05, 0) is 86.0 Å². The van der Waals surface area contributed by atoms with E-state index in [1.54, 1.807) is 41.1 Å². The molecule has 0 bridgehead atoms. The number of carboxylic acids is 1. The Morgan fingerprint density at radius 1 is 1.03 bits per heavy atom. The van der Waals surface area contributed by atoms with E-state index in [0.29, 0.717) is 42.7 Å². The molecule has 11 heteroatoms. The summed E-state index contributed by atoms with van der Waals surface area (Å²) in [6, 6.07) is 9.18. The van der Waals surface area contributed by atoms with E-state index < -0.39 is 24.4 Å². The number of aliphatic carboxylic acids is 1. The van der Waals surface area contributed by atoms with Crippen molar-refractivity contribution in [3.63, 3.8) is 0 Å². The van der Waals surface area contributed by atoms with Crippen molar-refractivity contribution in [1.82, 2.24) is 4.90 Å². The van der Waals surface area contributed by atoms with E-state index in [1.807, 2.05) is 6.07 Å². The van der Waals surface area contributed by atoms with Crippen molar-refractivity contribution in [3.05, 3.63) is 53.1 Å². The quantitative estimate of drug-likeness (QED) is 0.463. The zero-order valence-electron chi connectivity index (χ0n) is 21.6. The maximum Gasteiger partial charge on any atom is 0.573 e. The fourth-order valence-corrected chi connectivity index (χ4v) is 6.03. The molecule has 1 saturated carbocycles. The number of hydrogen-bond acceptors (Lipinski definition) is 5. The van der Waals surface area contributed by atoms with Gasteiger partial charge in [-0.15, -0.1) is 25.6 Å². The van der Waals surface area contributed by atoms with Crippen molar-refractivity contribution in [1.29, 1.82) is 0 Å². The van der Waals surface area contributed by atoms with E-state index in [-0.39, 0.29) is 36.6 Å². The van der Waals surface area contributed by atoms with Crippen LogP contribution in [0.4, 0.5) is 18.9 Å². The minimum atomic E-state index is -4.77. The number of benzene rings is 2. The Morgan fingerprint density at radius 3 is 2.41 bits per heavy atom. The van der Waals surface area contributed by atoms with Crippen molar-refractivity contribution in [3.8, 4) is 11.5 Å². The van der Waals surface area contributed by atoms with Crippen molar-refractivity contribution in [2.45, 2.75) is 75.9 Å². The third-order valence-corrected chi connectivity index (χ3v) is 7.98. The monoisotopic (exact) mass is 568 g/mol. The molecule has 39 heavy (non-hydrogen) atoms. The minimum absolute atomic E-state index is 0. The number of likely N-dealkylation sites (tertiary alicyclic amines) is 1. The number of anilines is 1. The van der Waals surface area contributed by atoms with Crippen LogP contribution in [0.25, 0.3) is 0 Å². The van der Waals surface area contributed by atoms with Gasteiger partial charge in [-0.3, -0.25) is 14.5 Å². The summed E-state index contributed by atoms with van der Waals surface area (Å²) in [6.07, 6.45) is 0.525. The molecule has 212 valence electrons. The molecule has 1 N–H and O–H groups in total. The first-order chi connectivity index (χ1) is 18.1. The number of hydrogen-bond donors (Lipinski definition) is 1. The Morgan fingerprint density at radius 2 is 1.74 bits per heavy atom. The molecule has 5 rings (SSSR count). The number of fused-ring (bicyclic) bond motifs is 1. The van der Waals surface area contributed by atoms with Crippen LogP contribution in [0.15, 0.2) is 36.4 Å². The summed E-state index contributed by atoms with van der Waals surface area (Å²) in [4.78, 5) is 28.0. The Bertz CT molecular complexity index is 1220. The Hall–Kier alpha value is -2.98. The zero-order valence-corrected chi connectivity index (χ0v) is 22.4. The number of carboxylic acid groups (broad SMARTS) is 1. The molecule has 2 aliphatic heterocycles. The normalized spacial score (nSPS) is 21.5. The number of rotatable bonds is 7. The molecule has 1 aliphatic carbocycles. The molecule has 2 fully saturated rings. The maximum absolute atomic E-state index is 13.2. The van der Waals surface area contributed by atoms with E-state index in [9.17, 15) is 27.9 Å². The highest BCUT2D eigenvalue weighted by Gasteiger charge is 2.42. The van der Waals surface area contributed by atoms with Crippen LogP contribution in [-0.2, 0) is 22.6 Å². The molecule has 0 spiro atoms. The summed E-state index contributed by atoms with van der Waals surface area (Å²) in [5, 5.41) is 9.36. The lowest BCUT2D eigenvalue weighted by Crippen LogP contribution is -2.47. The fraction of sp³-hybridized carbons (Fsp3) is 0.500. The van der Waals surface area contributed by atoms with Crippen LogP contribution < -0.4 is 14.4 Å². The van der Waals surface area contributed by atoms with Crippen molar-refractivity contribution in [2.24, 2.45) is 0 Å². The van der Waals surface area contributed by atoms with Crippen LogP contribution in [0, 0.1) is 0 Å². The molecule has 0 unspecified atom stereocenters. The van der Waals surface area contributed by atoms with E-state index in [1.165, 1.54) is 6.07 Å². The molecule has 2 atom stereocenters. The van der Waals surface area contributed by atoms with E-state index in [0.717, 1.165) is 36.9 Å².